The highest BCUT2D eigenvalue weighted by atomic mass is 79.9. The van der Waals surface area contributed by atoms with Crippen molar-refractivity contribution in [3.05, 3.63) is 10.1 Å². The average Bonchev–Trinajstić information content (AvgIpc) is 2.55. The first-order valence-electron chi connectivity index (χ1n) is 2.71. The van der Waals surface area contributed by atoms with Crippen molar-refractivity contribution in [3.63, 3.8) is 0 Å². The summed E-state index contributed by atoms with van der Waals surface area (Å²) >= 11 is 4.62. The van der Waals surface area contributed by atoms with Crippen molar-refractivity contribution in [3.8, 4) is 10.7 Å². The Bertz CT molecular complexity index is 341. The number of hydrogen-bond donors (Lipinski definition) is 1. The Labute approximate surface area is 74.0 Å². The molecule has 0 atom stereocenters. The summed E-state index contributed by atoms with van der Waals surface area (Å²) < 4.78 is 0.746. The van der Waals surface area contributed by atoms with Gasteiger partial charge >= 0.3 is 0 Å². The largest absolute Gasteiger partial charge is 0.197 e. The molecule has 7 heteroatoms. The van der Waals surface area contributed by atoms with Gasteiger partial charge in [0.2, 0.25) is 0 Å². The van der Waals surface area contributed by atoms with E-state index in [0.717, 1.165) is 8.92 Å². The summed E-state index contributed by atoms with van der Waals surface area (Å²) in [6.45, 7) is 0. The van der Waals surface area contributed by atoms with Crippen LogP contribution in [0.2, 0.25) is 0 Å². The van der Waals surface area contributed by atoms with Gasteiger partial charge in [-0.3, -0.25) is 0 Å². The van der Waals surface area contributed by atoms with E-state index in [2.05, 4.69) is 41.5 Å². The second-order valence-electron chi connectivity index (χ2n) is 1.72. The maximum atomic E-state index is 3.86. The molecule has 11 heavy (non-hydrogen) atoms. The van der Waals surface area contributed by atoms with Crippen LogP contribution in [0.5, 0.6) is 0 Å². The van der Waals surface area contributed by atoms with E-state index in [4.69, 9.17) is 0 Å². The fourth-order valence-electron chi connectivity index (χ4n) is 0.613. The number of aromatic nitrogens is 5. The summed E-state index contributed by atoms with van der Waals surface area (Å²) in [6.07, 6.45) is 1.60. The van der Waals surface area contributed by atoms with Crippen molar-refractivity contribution in [2.45, 2.75) is 0 Å². The molecule has 2 heterocycles. The van der Waals surface area contributed by atoms with Crippen LogP contribution in [0.3, 0.4) is 0 Å². The highest BCUT2D eigenvalue weighted by Crippen LogP contribution is 2.23. The van der Waals surface area contributed by atoms with Crippen molar-refractivity contribution >= 4 is 27.3 Å². The highest BCUT2D eigenvalue weighted by Gasteiger charge is 2.05. The van der Waals surface area contributed by atoms with E-state index in [-0.39, 0.29) is 0 Å². The Morgan fingerprint density at radius 1 is 1.45 bits per heavy atom. The smallest absolute Gasteiger partial charge is 0.183 e. The van der Waals surface area contributed by atoms with Gasteiger partial charge in [0.15, 0.2) is 8.92 Å². The lowest BCUT2D eigenvalue weighted by Crippen LogP contribution is -1.75. The minimum Gasteiger partial charge on any atom is -0.197 e. The zero-order valence-corrected chi connectivity index (χ0v) is 7.55. The highest BCUT2D eigenvalue weighted by molar-refractivity contribution is 9.11. The summed E-state index contributed by atoms with van der Waals surface area (Å²) in [5.74, 6) is 0. The zero-order valence-electron chi connectivity index (χ0n) is 5.15. The van der Waals surface area contributed by atoms with Crippen molar-refractivity contribution in [2.24, 2.45) is 0 Å². The van der Waals surface area contributed by atoms with Gasteiger partial charge in [0.25, 0.3) is 0 Å². The molecule has 0 saturated heterocycles. The van der Waals surface area contributed by atoms with Crippen LogP contribution in [0.25, 0.3) is 10.7 Å². The van der Waals surface area contributed by atoms with E-state index in [1.54, 1.807) is 6.20 Å². The molecule has 56 valence electrons. The second-order valence-corrected chi connectivity index (χ2v) is 3.97. The van der Waals surface area contributed by atoms with E-state index in [0.29, 0.717) is 5.69 Å². The average molecular weight is 232 g/mol. The number of aromatic amines is 1. The molecule has 0 amide bonds. The van der Waals surface area contributed by atoms with Gasteiger partial charge in [-0.1, -0.05) is 11.3 Å². The van der Waals surface area contributed by atoms with Gasteiger partial charge in [0.1, 0.15) is 5.69 Å². The molecule has 0 aliphatic heterocycles. The van der Waals surface area contributed by atoms with Crippen LogP contribution in [0, 0.1) is 0 Å². The van der Waals surface area contributed by atoms with Crippen molar-refractivity contribution < 1.29 is 0 Å². The van der Waals surface area contributed by atoms with Gasteiger partial charge in [-0.15, -0.1) is 10.2 Å². The van der Waals surface area contributed by atoms with Crippen LogP contribution in [-0.2, 0) is 0 Å². The van der Waals surface area contributed by atoms with Gasteiger partial charge < -0.3 is 0 Å². The number of H-pyrrole nitrogens is 1. The molecule has 0 aliphatic rings. The van der Waals surface area contributed by atoms with Crippen LogP contribution in [0.15, 0.2) is 10.1 Å². The fourth-order valence-corrected chi connectivity index (χ4v) is 1.68. The Kier molecular flexibility index (Phi) is 1.66. The molecule has 0 spiro atoms. The molecule has 1 N–H and O–H groups in total. The number of nitrogens with one attached hydrogen (secondary N) is 1. The molecule has 0 radical (unpaired) electrons. The normalized spacial score (nSPS) is 10.3. The molecule has 2 aromatic heterocycles. The van der Waals surface area contributed by atoms with Crippen molar-refractivity contribution in [1.29, 1.82) is 0 Å². The fraction of sp³-hybridized carbons (Fsp3) is 0. The van der Waals surface area contributed by atoms with Crippen molar-refractivity contribution in [2.75, 3.05) is 0 Å². The van der Waals surface area contributed by atoms with E-state index < -0.39 is 0 Å². The third-order valence-electron chi connectivity index (χ3n) is 1.03. The standard InChI is InChI=1S/C4H2BrN5S/c5-4-9-8-3(11-4)2-1-6-10-7-2/h1H,(H,6,7,10). The lowest BCUT2D eigenvalue weighted by Gasteiger charge is -1.78. The quantitative estimate of drug-likeness (QED) is 0.798. The number of rotatable bonds is 1. The summed E-state index contributed by atoms with van der Waals surface area (Å²) in [5, 5.41) is 18.4. The maximum absolute atomic E-state index is 3.86. The first kappa shape index (κ1) is 6.86. The lowest BCUT2D eigenvalue weighted by molar-refractivity contribution is 0.940. The predicted octanol–water partition coefficient (Wildman–Crippen LogP) is 1.09. The third-order valence-corrected chi connectivity index (χ3v) is 2.41. The minimum absolute atomic E-state index is 0.716. The Balaban J connectivity index is 2.45. The van der Waals surface area contributed by atoms with Gasteiger partial charge in [-0.2, -0.15) is 15.4 Å². The molecule has 5 nitrogen and oxygen atoms in total. The molecule has 0 saturated carbocycles. The van der Waals surface area contributed by atoms with Crippen LogP contribution in [-0.4, -0.2) is 25.6 Å². The second kappa shape index (κ2) is 2.67. The van der Waals surface area contributed by atoms with E-state index in [1.165, 1.54) is 11.3 Å². The molecular formula is C4H2BrN5S. The summed E-state index contributed by atoms with van der Waals surface area (Å²) in [4.78, 5) is 0. The molecule has 0 unspecified atom stereocenters. The maximum Gasteiger partial charge on any atom is 0.183 e. The summed E-state index contributed by atoms with van der Waals surface area (Å²) in [7, 11) is 0. The molecule has 0 aromatic carbocycles. The van der Waals surface area contributed by atoms with Crippen LogP contribution < -0.4 is 0 Å². The van der Waals surface area contributed by atoms with Gasteiger partial charge in [-0.25, -0.2) is 0 Å². The lowest BCUT2D eigenvalue weighted by atomic mass is 10.5. The predicted molar refractivity (Wildman–Crippen MR) is 43.0 cm³/mol. The third kappa shape index (κ3) is 1.29. The first-order chi connectivity index (χ1) is 5.36. The zero-order chi connectivity index (χ0) is 7.68. The number of hydrogen-bond acceptors (Lipinski definition) is 5. The van der Waals surface area contributed by atoms with Crippen LogP contribution in [0.1, 0.15) is 0 Å². The minimum atomic E-state index is 0.716. The summed E-state index contributed by atoms with van der Waals surface area (Å²) in [6, 6.07) is 0. The molecule has 2 aromatic rings. The SMILES string of the molecule is Brc1nnc(-c2cn[nH]n2)s1. The first-order valence-corrected chi connectivity index (χ1v) is 4.32. The Hall–Kier alpha value is -0.820. The van der Waals surface area contributed by atoms with E-state index in [9.17, 15) is 0 Å². The molecule has 0 fully saturated rings. The molecule has 0 bridgehead atoms. The summed E-state index contributed by atoms with van der Waals surface area (Å²) in [5.41, 5.74) is 0.716. The molecular weight excluding hydrogens is 230 g/mol. The van der Waals surface area contributed by atoms with E-state index in [1.807, 2.05) is 0 Å². The van der Waals surface area contributed by atoms with Crippen LogP contribution >= 0.6 is 27.3 Å². The Morgan fingerprint density at radius 3 is 2.91 bits per heavy atom. The van der Waals surface area contributed by atoms with E-state index >= 15 is 0 Å². The van der Waals surface area contributed by atoms with Gasteiger partial charge in [0.05, 0.1) is 6.20 Å². The van der Waals surface area contributed by atoms with Gasteiger partial charge in [0, 0.05) is 0 Å². The van der Waals surface area contributed by atoms with Crippen LogP contribution in [0.4, 0.5) is 0 Å². The number of nitrogens with zero attached hydrogens (tertiary/aromatic N) is 4. The topological polar surface area (TPSA) is 67.3 Å². The number of halogens is 1. The monoisotopic (exact) mass is 231 g/mol. The molecule has 0 aliphatic carbocycles. The Morgan fingerprint density at radius 2 is 2.36 bits per heavy atom. The van der Waals surface area contributed by atoms with Crippen molar-refractivity contribution in [1.82, 2.24) is 25.6 Å². The van der Waals surface area contributed by atoms with Gasteiger partial charge in [-0.05, 0) is 15.9 Å². The molecule has 2 rings (SSSR count).